The largest absolute Gasteiger partial charge is 0.393 e. The van der Waals surface area contributed by atoms with Crippen molar-refractivity contribution in [2.45, 2.75) is 38.0 Å². The molecule has 150 valence electrons. The molecule has 0 radical (unpaired) electrons. The first-order chi connectivity index (χ1) is 13.6. The first kappa shape index (κ1) is 19.5. The number of aromatic nitrogens is 1. The van der Waals surface area contributed by atoms with E-state index in [1.807, 2.05) is 35.4 Å². The number of benzene rings is 1. The number of aliphatic hydroxyl groups is 1. The van der Waals surface area contributed by atoms with E-state index in [4.69, 9.17) is 4.74 Å². The summed E-state index contributed by atoms with van der Waals surface area (Å²) in [5.74, 6) is -0.0273. The highest BCUT2D eigenvalue weighted by atomic mass is 32.1. The third kappa shape index (κ3) is 4.27. The molecule has 3 heterocycles. The van der Waals surface area contributed by atoms with E-state index in [-0.39, 0.29) is 24.2 Å². The van der Waals surface area contributed by atoms with Crippen molar-refractivity contribution in [3.8, 4) is 0 Å². The van der Waals surface area contributed by atoms with Gasteiger partial charge < -0.3 is 19.6 Å². The van der Waals surface area contributed by atoms with Crippen LogP contribution in [0.15, 0.2) is 35.7 Å². The maximum atomic E-state index is 13.2. The molecule has 28 heavy (non-hydrogen) atoms. The summed E-state index contributed by atoms with van der Waals surface area (Å²) in [5.41, 5.74) is 1.61. The minimum Gasteiger partial charge on any atom is -0.393 e. The van der Waals surface area contributed by atoms with Crippen LogP contribution in [0, 0.1) is 6.92 Å². The number of hydrogen-bond acceptors (Lipinski definition) is 6. The monoisotopic (exact) mass is 401 g/mol. The summed E-state index contributed by atoms with van der Waals surface area (Å²) >= 11 is 1.50. The standard InChI is InChI=1S/C21H27N3O3S/c1-15-22-18(14-28-15)21(26)24-11-12-27-19(13-23-9-7-17(25)8-10-23)20(24)16-5-3-2-4-6-16/h2-6,14,17,19-20,25H,7-13H2,1H3/t19-,20-/m0/s1. The number of carbonyl (C=O) groups is 1. The Hall–Kier alpha value is -1.80. The van der Waals surface area contributed by atoms with Gasteiger partial charge in [0.25, 0.3) is 5.91 Å². The number of aryl methyl sites for hydroxylation is 1. The Balaban J connectivity index is 1.59. The number of nitrogens with zero attached hydrogens (tertiary/aromatic N) is 3. The van der Waals surface area contributed by atoms with Crippen molar-refractivity contribution in [2.24, 2.45) is 0 Å². The van der Waals surface area contributed by atoms with E-state index in [2.05, 4.69) is 22.0 Å². The van der Waals surface area contributed by atoms with Crippen molar-refractivity contribution < 1.29 is 14.6 Å². The van der Waals surface area contributed by atoms with E-state index in [1.54, 1.807) is 0 Å². The van der Waals surface area contributed by atoms with Crippen LogP contribution < -0.4 is 0 Å². The predicted octanol–water partition coefficient (Wildman–Crippen LogP) is 2.49. The number of rotatable bonds is 4. The number of likely N-dealkylation sites (tertiary alicyclic amines) is 1. The zero-order valence-corrected chi connectivity index (χ0v) is 17.0. The summed E-state index contributed by atoms with van der Waals surface area (Å²) in [6.07, 6.45) is 1.29. The lowest BCUT2D eigenvalue weighted by atomic mass is 9.96. The van der Waals surface area contributed by atoms with E-state index in [0.29, 0.717) is 18.8 Å². The summed E-state index contributed by atoms with van der Waals surface area (Å²) in [6.45, 7) is 5.49. The van der Waals surface area contributed by atoms with E-state index in [1.165, 1.54) is 11.3 Å². The third-order valence-corrected chi connectivity index (χ3v) is 6.36. The Bertz CT molecular complexity index is 789. The molecular weight excluding hydrogens is 374 g/mol. The fraction of sp³-hybridized carbons (Fsp3) is 0.524. The van der Waals surface area contributed by atoms with E-state index < -0.39 is 0 Å². The Morgan fingerprint density at radius 3 is 2.68 bits per heavy atom. The number of aliphatic hydroxyl groups excluding tert-OH is 1. The highest BCUT2D eigenvalue weighted by Gasteiger charge is 2.38. The summed E-state index contributed by atoms with van der Waals surface area (Å²) in [6, 6.07) is 10.0. The smallest absolute Gasteiger partial charge is 0.274 e. The molecule has 4 rings (SSSR count). The average Bonchev–Trinajstić information content (AvgIpc) is 3.16. The summed E-state index contributed by atoms with van der Waals surface area (Å²) in [5, 5.41) is 12.5. The van der Waals surface area contributed by atoms with Crippen molar-refractivity contribution in [3.05, 3.63) is 52.0 Å². The molecular formula is C21H27N3O3S. The molecule has 2 aromatic rings. The van der Waals surface area contributed by atoms with Crippen LogP contribution in [0.2, 0.25) is 0 Å². The molecule has 2 aliphatic heterocycles. The van der Waals surface area contributed by atoms with Gasteiger partial charge in [-0.2, -0.15) is 0 Å². The fourth-order valence-corrected chi connectivity index (χ4v) is 4.71. The Labute approximate surface area is 169 Å². The molecule has 1 aromatic heterocycles. The second-order valence-electron chi connectivity index (χ2n) is 7.55. The van der Waals surface area contributed by atoms with Gasteiger partial charge in [0, 0.05) is 31.6 Å². The normalized spacial score (nSPS) is 24.4. The molecule has 1 N–H and O–H groups in total. The lowest BCUT2D eigenvalue weighted by Gasteiger charge is -2.43. The van der Waals surface area contributed by atoms with Gasteiger partial charge in [0.15, 0.2) is 0 Å². The number of thiazole rings is 1. The molecule has 6 nitrogen and oxygen atoms in total. The maximum absolute atomic E-state index is 13.2. The average molecular weight is 402 g/mol. The molecule has 0 aliphatic carbocycles. The highest BCUT2D eigenvalue weighted by molar-refractivity contribution is 7.09. The number of amides is 1. The summed E-state index contributed by atoms with van der Waals surface area (Å²) in [4.78, 5) is 21.9. The minimum atomic E-state index is -0.195. The Kier molecular flexibility index (Phi) is 6.06. The second-order valence-corrected chi connectivity index (χ2v) is 8.61. The van der Waals surface area contributed by atoms with Crippen molar-refractivity contribution >= 4 is 17.2 Å². The number of piperidine rings is 1. The van der Waals surface area contributed by atoms with Gasteiger partial charge in [-0.15, -0.1) is 11.3 Å². The van der Waals surface area contributed by atoms with Crippen LogP contribution in [0.5, 0.6) is 0 Å². The van der Waals surface area contributed by atoms with Crippen LogP contribution in [-0.4, -0.2) is 70.8 Å². The molecule has 2 atom stereocenters. The highest BCUT2D eigenvalue weighted by Crippen LogP contribution is 2.32. The van der Waals surface area contributed by atoms with Crippen LogP contribution in [0.1, 0.15) is 39.9 Å². The van der Waals surface area contributed by atoms with Gasteiger partial charge in [-0.3, -0.25) is 4.79 Å². The Morgan fingerprint density at radius 2 is 2.00 bits per heavy atom. The molecule has 2 saturated heterocycles. The molecule has 0 saturated carbocycles. The molecule has 0 bridgehead atoms. The van der Waals surface area contributed by atoms with Crippen molar-refractivity contribution in [1.82, 2.24) is 14.8 Å². The van der Waals surface area contributed by atoms with Crippen molar-refractivity contribution in [3.63, 3.8) is 0 Å². The van der Waals surface area contributed by atoms with Crippen LogP contribution >= 0.6 is 11.3 Å². The van der Waals surface area contributed by atoms with Gasteiger partial charge in [-0.25, -0.2) is 4.98 Å². The van der Waals surface area contributed by atoms with E-state index in [9.17, 15) is 9.90 Å². The second kappa shape index (κ2) is 8.69. The van der Waals surface area contributed by atoms with Crippen LogP contribution in [0.25, 0.3) is 0 Å². The quantitative estimate of drug-likeness (QED) is 0.853. The van der Waals surface area contributed by atoms with Gasteiger partial charge in [0.2, 0.25) is 0 Å². The predicted molar refractivity (Wildman–Crippen MR) is 108 cm³/mol. The Morgan fingerprint density at radius 1 is 1.25 bits per heavy atom. The molecule has 1 aromatic carbocycles. The topological polar surface area (TPSA) is 65.9 Å². The first-order valence-corrected chi connectivity index (χ1v) is 10.8. The van der Waals surface area contributed by atoms with Gasteiger partial charge in [0.1, 0.15) is 5.69 Å². The van der Waals surface area contributed by atoms with Gasteiger partial charge >= 0.3 is 0 Å². The first-order valence-electron chi connectivity index (χ1n) is 9.92. The molecule has 0 spiro atoms. The fourth-order valence-electron chi connectivity index (χ4n) is 4.12. The number of ether oxygens (including phenoxy) is 1. The number of hydrogen-bond donors (Lipinski definition) is 1. The molecule has 2 fully saturated rings. The van der Waals surface area contributed by atoms with Gasteiger partial charge in [-0.1, -0.05) is 30.3 Å². The molecule has 0 unspecified atom stereocenters. The lowest BCUT2D eigenvalue weighted by Crippen LogP contribution is -2.52. The zero-order chi connectivity index (χ0) is 19.5. The minimum absolute atomic E-state index is 0.0273. The third-order valence-electron chi connectivity index (χ3n) is 5.59. The van der Waals surface area contributed by atoms with Gasteiger partial charge in [-0.05, 0) is 25.3 Å². The number of morpholine rings is 1. The van der Waals surface area contributed by atoms with Crippen LogP contribution in [0.4, 0.5) is 0 Å². The lowest BCUT2D eigenvalue weighted by molar-refractivity contribution is -0.0771. The van der Waals surface area contributed by atoms with E-state index in [0.717, 1.165) is 43.0 Å². The van der Waals surface area contributed by atoms with Gasteiger partial charge in [0.05, 0.1) is 29.9 Å². The SMILES string of the molecule is Cc1nc(C(=O)N2CCO[C@@H](CN3CCC(O)CC3)[C@@H]2c2ccccc2)cs1. The van der Waals surface area contributed by atoms with Crippen LogP contribution in [0.3, 0.4) is 0 Å². The summed E-state index contributed by atoms with van der Waals surface area (Å²) in [7, 11) is 0. The zero-order valence-electron chi connectivity index (χ0n) is 16.2. The molecule has 7 heteroatoms. The van der Waals surface area contributed by atoms with Crippen LogP contribution in [-0.2, 0) is 4.74 Å². The van der Waals surface area contributed by atoms with Crippen molar-refractivity contribution in [2.75, 3.05) is 32.8 Å². The molecule has 2 aliphatic rings. The maximum Gasteiger partial charge on any atom is 0.274 e. The van der Waals surface area contributed by atoms with Crippen molar-refractivity contribution in [1.29, 1.82) is 0 Å². The van der Waals surface area contributed by atoms with E-state index >= 15 is 0 Å². The number of carbonyl (C=O) groups excluding carboxylic acids is 1. The molecule has 1 amide bonds. The summed E-state index contributed by atoms with van der Waals surface area (Å²) < 4.78 is 6.18.